The van der Waals surface area contributed by atoms with Gasteiger partial charge in [0, 0.05) is 24.3 Å². The van der Waals surface area contributed by atoms with Crippen LogP contribution in [0.3, 0.4) is 0 Å². The number of hydrogen-bond acceptors (Lipinski definition) is 4. The largest absolute Gasteiger partial charge is 0.495 e. The van der Waals surface area contributed by atoms with E-state index in [9.17, 15) is 14.4 Å². The van der Waals surface area contributed by atoms with Gasteiger partial charge in [-0.05, 0) is 55.3 Å². The van der Waals surface area contributed by atoms with Crippen molar-refractivity contribution in [1.29, 1.82) is 0 Å². The molecule has 0 atom stereocenters. The number of pyridine rings is 1. The van der Waals surface area contributed by atoms with Crippen LogP contribution < -0.4 is 20.5 Å². The topological polar surface area (TPSA) is 91.5 Å². The summed E-state index contributed by atoms with van der Waals surface area (Å²) in [5.74, 6) is 0.0412. The zero-order valence-corrected chi connectivity index (χ0v) is 17.4. The molecule has 0 aliphatic carbocycles. The van der Waals surface area contributed by atoms with Gasteiger partial charge in [-0.15, -0.1) is 0 Å². The number of benzene rings is 2. The van der Waals surface area contributed by atoms with E-state index in [4.69, 9.17) is 4.74 Å². The van der Waals surface area contributed by atoms with Crippen molar-refractivity contribution in [2.75, 3.05) is 23.9 Å². The van der Waals surface area contributed by atoms with Crippen molar-refractivity contribution in [2.24, 2.45) is 0 Å². The number of nitrogens with zero attached hydrogens (tertiary/aromatic N) is 1. The smallest absolute Gasteiger partial charge is 0.261 e. The van der Waals surface area contributed by atoms with Crippen molar-refractivity contribution >= 4 is 23.2 Å². The van der Waals surface area contributed by atoms with E-state index in [1.165, 1.54) is 13.2 Å². The number of methoxy groups -OCH3 is 1. The summed E-state index contributed by atoms with van der Waals surface area (Å²) in [4.78, 5) is 41.9. The van der Waals surface area contributed by atoms with Crippen LogP contribution >= 0.6 is 0 Å². The zero-order valence-electron chi connectivity index (χ0n) is 17.4. The Morgan fingerprint density at radius 3 is 2.61 bits per heavy atom. The average Bonchev–Trinajstić information content (AvgIpc) is 3.19. The predicted octanol–water partition coefficient (Wildman–Crippen LogP) is 3.74. The highest BCUT2D eigenvalue weighted by Gasteiger charge is 2.25. The summed E-state index contributed by atoms with van der Waals surface area (Å²) in [6.07, 6.45) is 1.27. The summed E-state index contributed by atoms with van der Waals surface area (Å²) in [6.45, 7) is 2.58. The molecule has 158 valence electrons. The lowest BCUT2D eigenvalue weighted by Gasteiger charge is -2.20. The number of aromatic amines is 1. The normalized spacial score (nSPS) is 13.4. The van der Waals surface area contributed by atoms with Gasteiger partial charge >= 0.3 is 0 Å². The van der Waals surface area contributed by atoms with Crippen LogP contribution in [0.15, 0.2) is 59.4 Å². The van der Waals surface area contributed by atoms with Crippen LogP contribution in [0.25, 0.3) is 11.3 Å². The molecular formula is C24H23N3O4. The molecule has 1 fully saturated rings. The molecule has 0 unspecified atom stereocenters. The molecule has 1 saturated heterocycles. The van der Waals surface area contributed by atoms with Crippen LogP contribution in [-0.2, 0) is 4.79 Å². The van der Waals surface area contributed by atoms with Crippen molar-refractivity contribution in [1.82, 2.24) is 4.98 Å². The summed E-state index contributed by atoms with van der Waals surface area (Å²) in [5.41, 5.74) is 3.20. The molecule has 7 heteroatoms. The first-order chi connectivity index (χ1) is 15.0. The third-order valence-corrected chi connectivity index (χ3v) is 5.28. The van der Waals surface area contributed by atoms with E-state index >= 15 is 0 Å². The highest BCUT2D eigenvalue weighted by Crippen LogP contribution is 2.34. The van der Waals surface area contributed by atoms with Crippen molar-refractivity contribution in [3.63, 3.8) is 0 Å². The summed E-state index contributed by atoms with van der Waals surface area (Å²) < 4.78 is 5.37. The van der Waals surface area contributed by atoms with Crippen LogP contribution in [0.2, 0.25) is 0 Å². The Hall–Kier alpha value is -3.87. The molecule has 0 spiro atoms. The fourth-order valence-corrected chi connectivity index (χ4v) is 3.71. The number of anilines is 2. The first-order valence-corrected chi connectivity index (χ1v) is 10.1. The van der Waals surface area contributed by atoms with E-state index < -0.39 is 11.5 Å². The van der Waals surface area contributed by atoms with Crippen LogP contribution in [-0.4, -0.2) is 30.5 Å². The third-order valence-electron chi connectivity index (χ3n) is 5.28. The second-order valence-electron chi connectivity index (χ2n) is 7.47. The minimum absolute atomic E-state index is 0.00557. The Bertz CT molecular complexity index is 1220. The van der Waals surface area contributed by atoms with E-state index in [2.05, 4.69) is 10.3 Å². The molecule has 1 aliphatic rings. The molecule has 2 heterocycles. The highest BCUT2D eigenvalue weighted by atomic mass is 16.5. The molecule has 0 saturated carbocycles. The molecule has 1 aromatic heterocycles. The molecule has 2 aromatic carbocycles. The van der Waals surface area contributed by atoms with Gasteiger partial charge in [0.1, 0.15) is 11.3 Å². The Morgan fingerprint density at radius 2 is 1.94 bits per heavy atom. The van der Waals surface area contributed by atoms with Gasteiger partial charge in [-0.2, -0.15) is 0 Å². The number of carbonyl (C=O) groups is 2. The van der Waals surface area contributed by atoms with Gasteiger partial charge in [0.25, 0.3) is 11.5 Å². The first kappa shape index (κ1) is 20.4. The highest BCUT2D eigenvalue weighted by molar-refractivity contribution is 6.05. The van der Waals surface area contributed by atoms with Gasteiger partial charge in [0.15, 0.2) is 0 Å². The van der Waals surface area contributed by atoms with Crippen molar-refractivity contribution in [3.8, 4) is 17.0 Å². The predicted molar refractivity (Wildman–Crippen MR) is 120 cm³/mol. The lowest BCUT2D eigenvalue weighted by Crippen LogP contribution is -2.25. The molecule has 2 N–H and O–H groups in total. The van der Waals surface area contributed by atoms with Crippen LogP contribution in [0.1, 0.15) is 28.8 Å². The molecule has 3 aromatic rings. The Kier molecular flexibility index (Phi) is 5.58. The summed E-state index contributed by atoms with van der Waals surface area (Å²) in [6, 6.07) is 16.0. The summed E-state index contributed by atoms with van der Waals surface area (Å²) in [7, 11) is 1.53. The number of hydrogen-bond donors (Lipinski definition) is 2. The van der Waals surface area contributed by atoms with Crippen LogP contribution in [0.4, 0.5) is 11.4 Å². The second kappa shape index (κ2) is 8.47. The van der Waals surface area contributed by atoms with Gasteiger partial charge in [-0.1, -0.05) is 23.8 Å². The molecule has 0 radical (unpaired) electrons. The van der Waals surface area contributed by atoms with Gasteiger partial charge in [-0.3, -0.25) is 14.4 Å². The van der Waals surface area contributed by atoms with Gasteiger partial charge in [0.2, 0.25) is 5.91 Å². The number of nitrogens with one attached hydrogen (secondary N) is 2. The van der Waals surface area contributed by atoms with E-state index in [1.54, 1.807) is 29.2 Å². The maximum Gasteiger partial charge on any atom is 0.261 e. The standard InChI is InChI=1S/C24H23N3O4/c1-15-5-3-6-16(13-15)19-10-9-18(24(30)26-19)23(29)25-17-8-11-21(31-2)20(14-17)27-12-4-7-22(27)28/h3,5-6,8-11,13-14H,4,7,12H2,1-2H3,(H,25,29)(H,26,30). The molecule has 2 amide bonds. The second-order valence-corrected chi connectivity index (χ2v) is 7.47. The fourth-order valence-electron chi connectivity index (χ4n) is 3.71. The molecule has 31 heavy (non-hydrogen) atoms. The Morgan fingerprint density at radius 1 is 1.10 bits per heavy atom. The van der Waals surface area contributed by atoms with E-state index in [-0.39, 0.29) is 11.5 Å². The fraction of sp³-hybridized carbons (Fsp3) is 0.208. The molecule has 4 rings (SSSR count). The number of ether oxygens (including phenoxy) is 1. The molecule has 0 bridgehead atoms. The van der Waals surface area contributed by atoms with E-state index in [1.807, 2.05) is 31.2 Å². The van der Waals surface area contributed by atoms with Crippen molar-refractivity contribution < 1.29 is 14.3 Å². The summed E-state index contributed by atoms with van der Waals surface area (Å²) >= 11 is 0. The van der Waals surface area contributed by atoms with Crippen molar-refractivity contribution in [2.45, 2.75) is 19.8 Å². The number of H-pyrrole nitrogens is 1. The molecular weight excluding hydrogens is 394 g/mol. The van der Waals surface area contributed by atoms with Gasteiger partial charge < -0.3 is 19.9 Å². The number of aryl methyl sites for hydroxylation is 1. The monoisotopic (exact) mass is 417 g/mol. The van der Waals surface area contributed by atoms with Crippen molar-refractivity contribution in [3.05, 3.63) is 76.1 Å². The molecule has 7 nitrogen and oxygen atoms in total. The van der Waals surface area contributed by atoms with Crippen LogP contribution in [0, 0.1) is 6.92 Å². The number of aromatic nitrogens is 1. The maximum atomic E-state index is 12.7. The average molecular weight is 417 g/mol. The SMILES string of the molecule is COc1ccc(NC(=O)c2ccc(-c3cccc(C)c3)[nH]c2=O)cc1N1CCCC1=O. The van der Waals surface area contributed by atoms with E-state index in [0.29, 0.717) is 35.8 Å². The molecule has 1 aliphatic heterocycles. The number of rotatable bonds is 5. The maximum absolute atomic E-state index is 12.7. The zero-order chi connectivity index (χ0) is 22.0. The Labute approximate surface area is 179 Å². The van der Waals surface area contributed by atoms with Gasteiger partial charge in [0.05, 0.1) is 12.8 Å². The van der Waals surface area contributed by atoms with Crippen LogP contribution in [0.5, 0.6) is 5.75 Å². The number of amides is 2. The first-order valence-electron chi connectivity index (χ1n) is 10.1. The number of carbonyl (C=O) groups excluding carboxylic acids is 2. The minimum Gasteiger partial charge on any atom is -0.495 e. The minimum atomic E-state index is -0.527. The lowest BCUT2D eigenvalue weighted by atomic mass is 10.1. The van der Waals surface area contributed by atoms with Gasteiger partial charge in [-0.25, -0.2) is 0 Å². The third kappa shape index (κ3) is 4.21. The van der Waals surface area contributed by atoms with E-state index in [0.717, 1.165) is 17.5 Å². The quantitative estimate of drug-likeness (QED) is 0.662. The summed E-state index contributed by atoms with van der Waals surface area (Å²) in [5, 5.41) is 2.74. The Balaban J connectivity index is 1.58. The lowest BCUT2D eigenvalue weighted by molar-refractivity contribution is -0.117.